The number of methoxy groups -OCH3 is 1. The van der Waals surface area contributed by atoms with Gasteiger partial charge in [-0.05, 0) is 42.3 Å². The van der Waals surface area contributed by atoms with Gasteiger partial charge >= 0.3 is 0 Å². The molecule has 0 fully saturated rings. The van der Waals surface area contributed by atoms with Crippen LogP contribution in [-0.4, -0.2) is 41.0 Å². The molecule has 5 rings (SSSR count). The Balaban J connectivity index is 1.51. The van der Waals surface area contributed by atoms with Gasteiger partial charge in [0.05, 0.1) is 41.6 Å². The third-order valence-electron chi connectivity index (χ3n) is 5.80. The minimum absolute atomic E-state index is 0.157. The third-order valence-corrected chi connectivity index (χ3v) is 5.80. The van der Waals surface area contributed by atoms with E-state index in [1.54, 1.807) is 34.7 Å². The Labute approximate surface area is 190 Å². The van der Waals surface area contributed by atoms with Crippen LogP contribution in [0.4, 0.5) is 0 Å². The summed E-state index contributed by atoms with van der Waals surface area (Å²) in [4.78, 5) is 30.8. The van der Waals surface area contributed by atoms with E-state index in [0.717, 1.165) is 24.2 Å². The summed E-state index contributed by atoms with van der Waals surface area (Å²) in [6.07, 6.45) is 5.04. The minimum Gasteiger partial charge on any atom is -0.490 e. The maximum atomic E-state index is 13.3. The molecule has 0 unspecified atom stereocenters. The van der Waals surface area contributed by atoms with Gasteiger partial charge in [0.25, 0.3) is 11.1 Å². The highest BCUT2D eigenvalue weighted by atomic mass is 16.5. The van der Waals surface area contributed by atoms with Gasteiger partial charge in [-0.25, -0.2) is 4.98 Å². The van der Waals surface area contributed by atoms with Gasteiger partial charge in [0.15, 0.2) is 11.5 Å². The molecule has 0 spiro atoms. The summed E-state index contributed by atoms with van der Waals surface area (Å²) in [5, 5.41) is 0.860. The fraction of sp³-hybridized carbons (Fsp3) is 0.320. The van der Waals surface area contributed by atoms with E-state index in [1.807, 2.05) is 30.3 Å². The second-order valence-electron chi connectivity index (χ2n) is 8.09. The van der Waals surface area contributed by atoms with Gasteiger partial charge in [-0.3, -0.25) is 9.59 Å². The lowest BCUT2D eigenvalue weighted by Crippen LogP contribution is -2.23. The Kier molecular flexibility index (Phi) is 5.83. The molecule has 0 aliphatic carbocycles. The summed E-state index contributed by atoms with van der Waals surface area (Å²) >= 11 is 0. The van der Waals surface area contributed by atoms with Crippen molar-refractivity contribution in [3.63, 3.8) is 0 Å². The lowest BCUT2D eigenvalue weighted by atomic mass is 10.1. The molecule has 0 N–H and O–H groups in total. The average molecular weight is 447 g/mol. The standard InChI is InChI=1S/C25H25N3O5/c1-31-11-2-8-27-9-6-20-18(24(27)29)15-19-21(26-20)7-10-28(25(19)30)16-17-4-5-22-23(14-17)33-13-3-12-32-22/h4-7,9-10,14-15H,2-3,8,11-13,16H2,1H3. The zero-order valence-corrected chi connectivity index (χ0v) is 18.5. The Bertz CT molecular complexity index is 1440. The van der Waals surface area contributed by atoms with Crippen molar-refractivity contribution in [2.75, 3.05) is 26.9 Å². The predicted molar refractivity (Wildman–Crippen MR) is 125 cm³/mol. The zero-order chi connectivity index (χ0) is 22.8. The maximum absolute atomic E-state index is 13.3. The SMILES string of the molecule is COCCCn1ccc2nc3ccn(Cc4ccc5c(c4)OCCCO5)c(=O)c3cc2c1=O. The van der Waals surface area contributed by atoms with Gasteiger partial charge in [-0.2, -0.15) is 0 Å². The maximum Gasteiger partial charge on any atom is 0.260 e. The van der Waals surface area contributed by atoms with Crippen LogP contribution in [-0.2, 0) is 17.8 Å². The van der Waals surface area contributed by atoms with Crippen LogP contribution in [0.5, 0.6) is 11.5 Å². The molecule has 8 heteroatoms. The molecule has 170 valence electrons. The Morgan fingerprint density at radius 2 is 1.61 bits per heavy atom. The molecule has 0 saturated carbocycles. The smallest absolute Gasteiger partial charge is 0.260 e. The predicted octanol–water partition coefficient (Wildman–Crippen LogP) is 2.96. The van der Waals surface area contributed by atoms with E-state index >= 15 is 0 Å². The van der Waals surface area contributed by atoms with Crippen molar-refractivity contribution >= 4 is 21.8 Å². The summed E-state index contributed by atoms with van der Waals surface area (Å²) < 4.78 is 19.8. The van der Waals surface area contributed by atoms with Crippen LogP contribution in [0.25, 0.3) is 21.8 Å². The minimum atomic E-state index is -0.191. The number of aromatic nitrogens is 3. The van der Waals surface area contributed by atoms with Gasteiger partial charge < -0.3 is 23.3 Å². The summed E-state index contributed by atoms with van der Waals surface area (Å²) in [6.45, 7) is 2.73. The second kappa shape index (κ2) is 9.07. The first-order valence-corrected chi connectivity index (χ1v) is 11.0. The summed E-state index contributed by atoms with van der Waals surface area (Å²) in [5.74, 6) is 1.42. The lowest BCUT2D eigenvalue weighted by Gasteiger charge is -2.12. The van der Waals surface area contributed by atoms with E-state index in [1.165, 1.54) is 0 Å². The number of rotatable bonds is 6. The molecule has 0 bridgehead atoms. The van der Waals surface area contributed by atoms with Gasteiger partial charge in [0.1, 0.15) is 0 Å². The fourth-order valence-corrected chi connectivity index (χ4v) is 4.09. The molecular formula is C25H25N3O5. The van der Waals surface area contributed by atoms with Crippen LogP contribution < -0.4 is 20.6 Å². The molecule has 1 aliphatic rings. The van der Waals surface area contributed by atoms with Crippen molar-refractivity contribution in [3.8, 4) is 11.5 Å². The topological polar surface area (TPSA) is 84.6 Å². The molecule has 4 aromatic rings. The third kappa shape index (κ3) is 4.21. The van der Waals surface area contributed by atoms with Crippen LogP contribution >= 0.6 is 0 Å². The largest absolute Gasteiger partial charge is 0.490 e. The van der Waals surface area contributed by atoms with Crippen molar-refractivity contribution in [1.29, 1.82) is 0 Å². The van der Waals surface area contributed by atoms with E-state index in [4.69, 9.17) is 14.2 Å². The number of aryl methyl sites for hydroxylation is 1. The van der Waals surface area contributed by atoms with Crippen LogP contribution in [0, 0.1) is 0 Å². The molecule has 0 saturated heterocycles. The number of pyridine rings is 3. The number of nitrogens with zero attached hydrogens (tertiary/aromatic N) is 3. The quantitative estimate of drug-likeness (QED) is 0.334. The second-order valence-corrected chi connectivity index (χ2v) is 8.09. The first-order chi connectivity index (χ1) is 16.1. The van der Waals surface area contributed by atoms with E-state index in [0.29, 0.717) is 60.5 Å². The van der Waals surface area contributed by atoms with Gasteiger partial charge in [-0.15, -0.1) is 0 Å². The summed E-state index contributed by atoms with van der Waals surface area (Å²) in [7, 11) is 1.64. The molecule has 33 heavy (non-hydrogen) atoms. The Hall–Kier alpha value is -3.65. The van der Waals surface area contributed by atoms with Gasteiger partial charge in [0, 0.05) is 39.1 Å². The molecule has 0 radical (unpaired) electrons. The zero-order valence-electron chi connectivity index (χ0n) is 18.5. The summed E-state index contributed by atoms with van der Waals surface area (Å²) in [5.41, 5.74) is 1.73. The highest BCUT2D eigenvalue weighted by Gasteiger charge is 2.13. The highest BCUT2D eigenvalue weighted by Crippen LogP contribution is 2.30. The first-order valence-electron chi connectivity index (χ1n) is 11.0. The van der Waals surface area contributed by atoms with Gasteiger partial charge in [-0.1, -0.05) is 6.07 Å². The van der Waals surface area contributed by atoms with E-state index in [9.17, 15) is 9.59 Å². The van der Waals surface area contributed by atoms with E-state index in [2.05, 4.69) is 4.98 Å². The van der Waals surface area contributed by atoms with Crippen LogP contribution in [0.3, 0.4) is 0 Å². The first kappa shape index (κ1) is 21.2. The number of benzene rings is 1. The van der Waals surface area contributed by atoms with E-state index < -0.39 is 0 Å². The van der Waals surface area contributed by atoms with Crippen LogP contribution in [0.1, 0.15) is 18.4 Å². The van der Waals surface area contributed by atoms with Crippen molar-refractivity contribution in [2.45, 2.75) is 25.9 Å². The van der Waals surface area contributed by atoms with Gasteiger partial charge in [0.2, 0.25) is 0 Å². The van der Waals surface area contributed by atoms with Crippen molar-refractivity contribution in [3.05, 3.63) is 75.1 Å². The fourth-order valence-electron chi connectivity index (χ4n) is 4.09. The van der Waals surface area contributed by atoms with Crippen LogP contribution in [0.2, 0.25) is 0 Å². The van der Waals surface area contributed by atoms with Crippen molar-refractivity contribution in [1.82, 2.24) is 14.1 Å². The Morgan fingerprint density at radius 1 is 0.909 bits per heavy atom. The number of hydrogen-bond donors (Lipinski definition) is 0. The normalized spacial score (nSPS) is 13.4. The molecular weight excluding hydrogens is 422 g/mol. The Morgan fingerprint density at radius 3 is 2.36 bits per heavy atom. The molecule has 4 heterocycles. The molecule has 8 nitrogen and oxygen atoms in total. The number of ether oxygens (including phenoxy) is 3. The number of fused-ring (bicyclic) bond motifs is 3. The lowest BCUT2D eigenvalue weighted by molar-refractivity contribution is 0.190. The molecule has 0 amide bonds. The molecule has 3 aromatic heterocycles. The number of hydrogen-bond acceptors (Lipinski definition) is 6. The molecule has 1 aromatic carbocycles. The van der Waals surface area contributed by atoms with Crippen molar-refractivity contribution in [2.24, 2.45) is 0 Å². The van der Waals surface area contributed by atoms with Crippen LogP contribution in [0.15, 0.2) is 58.4 Å². The monoisotopic (exact) mass is 447 g/mol. The molecule has 1 aliphatic heterocycles. The van der Waals surface area contributed by atoms with Crippen molar-refractivity contribution < 1.29 is 14.2 Å². The van der Waals surface area contributed by atoms with E-state index in [-0.39, 0.29) is 11.1 Å². The average Bonchev–Trinajstić information content (AvgIpc) is 3.07. The molecule has 0 atom stereocenters. The highest BCUT2D eigenvalue weighted by molar-refractivity contribution is 5.91. The summed E-state index contributed by atoms with van der Waals surface area (Å²) in [6, 6.07) is 11.0.